The fraction of sp³-hybridized carbons (Fsp3) is 0.583. The Morgan fingerprint density at radius 1 is 1.21 bits per heavy atom. The topological polar surface area (TPSA) is 58.1 Å². The van der Waals surface area contributed by atoms with Gasteiger partial charge in [-0.3, -0.25) is 4.79 Å². The van der Waals surface area contributed by atoms with Gasteiger partial charge in [-0.05, 0) is 13.8 Å². The van der Waals surface area contributed by atoms with Gasteiger partial charge in [0.25, 0.3) is 11.8 Å². The molecule has 0 radical (unpaired) electrons. The second-order valence-corrected chi connectivity index (χ2v) is 5.12. The fourth-order valence-corrected chi connectivity index (χ4v) is 1.13. The molecular weight excluding hydrogens is 254 g/mol. The van der Waals surface area contributed by atoms with Crippen molar-refractivity contribution in [2.75, 3.05) is 19.0 Å². The summed E-state index contributed by atoms with van der Waals surface area (Å²) in [6.45, 7) is 3.27. The third-order valence-electron chi connectivity index (χ3n) is 2.85. The first-order valence-electron chi connectivity index (χ1n) is 5.74. The van der Waals surface area contributed by atoms with Crippen LogP contribution in [-0.4, -0.2) is 41.4 Å². The first-order chi connectivity index (χ1) is 8.54. The maximum absolute atomic E-state index is 13.3. The van der Waals surface area contributed by atoms with Crippen LogP contribution in [0.4, 0.5) is 14.6 Å². The summed E-state index contributed by atoms with van der Waals surface area (Å²) in [4.78, 5) is 21.5. The Hall–Kier alpha value is -1.79. The van der Waals surface area contributed by atoms with Gasteiger partial charge in [-0.1, -0.05) is 0 Å². The molecule has 0 fully saturated rings. The van der Waals surface area contributed by atoms with Gasteiger partial charge in [0.05, 0.1) is 17.9 Å². The molecule has 1 heterocycles. The Bertz CT molecular complexity index is 452. The van der Waals surface area contributed by atoms with Crippen LogP contribution in [0.25, 0.3) is 0 Å². The van der Waals surface area contributed by atoms with Gasteiger partial charge in [0.1, 0.15) is 11.5 Å². The molecule has 5 nitrogen and oxygen atoms in total. The van der Waals surface area contributed by atoms with Crippen LogP contribution in [0.3, 0.4) is 0 Å². The second kappa shape index (κ2) is 5.07. The molecule has 1 rings (SSSR count). The van der Waals surface area contributed by atoms with Crippen LogP contribution in [0.5, 0.6) is 0 Å². The zero-order chi connectivity index (χ0) is 14.8. The minimum absolute atomic E-state index is 0.00271. The first-order valence-corrected chi connectivity index (χ1v) is 5.74. The van der Waals surface area contributed by atoms with Crippen LogP contribution < -0.4 is 10.2 Å². The van der Waals surface area contributed by atoms with Gasteiger partial charge in [0, 0.05) is 21.0 Å². The predicted molar refractivity (Wildman–Crippen MR) is 68.5 cm³/mol. The van der Waals surface area contributed by atoms with Crippen molar-refractivity contribution < 1.29 is 13.6 Å². The molecule has 0 saturated heterocycles. The van der Waals surface area contributed by atoms with E-state index in [-0.39, 0.29) is 5.69 Å². The van der Waals surface area contributed by atoms with Crippen LogP contribution in [0, 0.1) is 0 Å². The number of carbonyl (C=O) groups excluding carboxylic acids is 1. The summed E-state index contributed by atoms with van der Waals surface area (Å²) in [5.74, 6) is -3.14. The molecule has 7 heteroatoms. The molecule has 106 valence electrons. The highest BCUT2D eigenvalue weighted by Gasteiger charge is 2.43. The molecule has 0 saturated carbocycles. The third-order valence-corrected chi connectivity index (χ3v) is 2.85. The number of nitrogens with one attached hydrogen (secondary N) is 1. The number of alkyl halides is 2. The zero-order valence-electron chi connectivity index (χ0n) is 11.7. The van der Waals surface area contributed by atoms with E-state index in [9.17, 15) is 13.6 Å². The van der Waals surface area contributed by atoms with E-state index in [0.29, 0.717) is 5.82 Å². The monoisotopic (exact) mass is 272 g/mol. The molecule has 0 aliphatic carbocycles. The molecule has 0 bridgehead atoms. The second-order valence-electron chi connectivity index (χ2n) is 5.12. The summed E-state index contributed by atoms with van der Waals surface area (Å²) in [6.07, 6.45) is 2.67. The fourth-order valence-electron chi connectivity index (χ4n) is 1.13. The van der Waals surface area contributed by atoms with Gasteiger partial charge >= 0.3 is 0 Å². The van der Waals surface area contributed by atoms with E-state index in [0.717, 1.165) is 6.92 Å². The van der Waals surface area contributed by atoms with Crippen molar-refractivity contribution in [2.24, 2.45) is 0 Å². The molecule has 19 heavy (non-hydrogen) atoms. The van der Waals surface area contributed by atoms with Crippen molar-refractivity contribution in [3.05, 3.63) is 18.1 Å². The third kappa shape index (κ3) is 3.59. The molecule has 1 amide bonds. The Morgan fingerprint density at radius 2 is 1.79 bits per heavy atom. The molecular formula is C12H18F2N4O. The summed E-state index contributed by atoms with van der Waals surface area (Å²) in [5, 5.41) is 2.26. The van der Waals surface area contributed by atoms with Gasteiger partial charge < -0.3 is 10.2 Å². The number of hydrogen-bond acceptors (Lipinski definition) is 4. The largest absolute Gasteiger partial charge is 0.361 e. The molecule has 0 spiro atoms. The van der Waals surface area contributed by atoms with Crippen LogP contribution >= 0.6 is 0 Å². The summed E-state index contributed by atoms with van der Waals surface area (Å²) in [7, 11) is 3.56. The van der Waals surface area contributed by atoms with Gasteiger partial charge in [-0.2, -0.15) is 0 Å². The number of carbonyl (C=O) groups is 1. The van der Waals surface area contributed by atoms with E-state index >= 15 is 0 Å². The molecule has 0 unspecified atom stereocenters. The van der Waals surface area contributed by atoms with Gasteiger partial charge in [-0.15, -0.1) is 0 Å². The van der Waals surface area contributed by atoms with Crippen LogP contribution in [-0.2, 0) is 0 Å². The van der Waals surface area contributed by atoms with E-state index in [1.807, 2.05) is 0 Å². The number of amides is 1. The quantitative estimate of drug-likeness (QED) is 0.906. The van der Waals surface area contributed by atoms with E-state index in [2.05, 4.69) is 15.3 Å². The summed E-state index contributed by atoms with van der Waals surface area (Å²) >= 11 is 0. The average molecular weight is 272 g/mol. The Morgan fingerprint density at radius 3 is 2.16 bits per heavy atom. The van der Waals surface area contributed by atoms with Crippen LogP contribution in [0.15, 0.2) is 12.4 Å². The molecule has 1 N–H and O–H groups in total. The molecule has 0 aliphatic heterocycles. The lowest BCUT2D eigenvalue weighted by molar-refractivity contribution is -0.0548. The maximum Gasteiger partial charge on any atom is 0.272 e. The van der Waals surface area contributed by atoms with Crippen molar-refractivity contribution in [2.45, 2.75) is 32.2 Å². The number of aromatic nitrogens is 2. The summed E-state index contributed by atoms with van der Waals surface area (Å²) in [5.41, 5.74) is -1.66. The van der Waals surface area contributed by atoms with Crippen molar-refractivity contribution in [1.29, 1.82) is 0 Å². The lowest BCUT2D eigenvalue weighted by Gasteiger charge is -2.32. The number of rotatable bonds is 4. The van der Waals surface area contributed by atoms with Crippen molar-refractivity contribution in [3.63, 3.8) is 0 Å². The molecule has 1 aromatic heterocycles. The predicted octanol–water partition coefficient (Wildman–Crippen LogP) is 1.71. The summed E-state index contributed by atoms with van der Waals surface area (Å²) in [6, 6.07) is 0. The molecule has 0 aromatic carbocycles. The molecule has 1 aromatic rings. The highest BCUT2D eigenvalue weighted by Crippen LogP contribution is 2.27. The van der Waals surface area contributed by atoms with E-state index in [1.165, 1.54) is 26.2 Å². The number of hydrogen-bond donors (Lipinski definition) is 1. The Balaban J connectivity index is 2.85. The van der Waals surface area contributed by atoms with Gasteiger partial charge in [-0.25, -0.2) is 18.7 Å². The van der Waals surface area contributed by atoms with Crippen LogP contribution in [0.2, 0.25) is 0 Å². The standard InChI is InChI=1S/C12H18F2N4O/c1-11(2,12(3,13)14)17-10(19)8-6-16-9(7-15-8)18(4)5/h6-7H,1-5H3,(H,17,19). The van der Waals surface area contributed by atoms with E-state index in [1.54, 1.807) is 19.0 Å². The number of nitrogens with zero attached hydrogens (tertiary/aromatic N) is 3. The number of halogens is 2. The minimum atomic E-state index is -3.04. The highest BCUT2D eigenvalue weighted by atomic mass is 19.3. The Labute approximate surface area is 111 Å². The van der Waals surface area contributed by atoms with E-state index in [4.69, 9.17) is 0 Å². The minimum Gasteiger partial charge on any atom is -0.361 e. The molecule has 0 atom stereocenters. The Kier molecular flexibility index (Phi) is 4.07. The average Bonchev–Trinajstić information content (AvgIpc) is 2.27. The lowest BCUT2D eigenvalue weighted by atomic mass is 9.97. The van der Waals surface area contributed by atoms with E-state index < -0.39 is 17.4 Å². The summed E-state index contributed by atoms with van der Waals surface area (Å²) < 4.78 is 26.6. The van der Waals surface area contributed by atoms with Crippen molar-refractivity contribution in [3.8, 4) is 0 Å². The first kappa shape index (κ1) is 15.3. The lowest BCUT2D eigenvalue weighted by Crippen LogP contribution is -2.55. The van der Waals surface area contributed by atoms with Gasteiger partial charge in [0.2, 0.25) is 0 Å². The number of anilines is 1. The van der Waals surface area contributed by atoms with Crippen molar-refractivity contribution >= 4 is 11.7 Å². The van der Waals surface area contributed by atoms with Crippen molar-refractivity contribution in [1.82, 2.24) is 15.3 Å². The molecule has 0 aliphatic rings. The zero-order valence-corrected chi connectivity index (χ0v) is 11.7. The van der Waals surface area contributed by atoms with Gasteiger partial charge in [0.15, 0.2) is 0 Å². The SMILES string of the molecule is CN(C)c1cnc(C(=O)NC(C)(C)C(C)(F)F)cn1. The maximum atomic E-state index is 13.3. The smallest absolute Gasteiger partial charge is 0.272 e. The van der Waals surface area contributed by atoms with Crippen LogP contribution in [0.1, 0.15) is 31.3 Å². The highest BCUT2D eigenvalue weighted by molar-refractivity contribution is 5.92. The normalized spacial score (nSPS) is 12.2.